The first-order valence-corrected chi connectivity index (χ1v) is 16.6. The highest BCUT2D eigenvalue weighted by molar-refractivity contribution is 7.96. The summed E-state index contributed by atoms with van der Waals surface area (Å²) in [5.74, 6) is 0.549. The predicted octanol–water partition coefficient (Wildman–Crippen LogP) is 5.75. The van der Waals surface area contributed by atoms with Gasteiger partial charge in [0.1, 0.15) is 5.75 Å². The highest BCUT2D eigenvalue weighted by Crippen LogP contribution is 2.68. The number of sulfone groups is 2. The number of rotatable bonds is 6. The van der Waals surface area contributed by atoms with Crippen molar-refractivity contribution in [1.29, 1.82) is 0 Å². The third kappa shape index (κ3) is 3.62. The van der Waals surface area contributed by atoms with Crippen LogP contribution in [0.25, 0.3) is 6.08 Å². The van der Waals surface area contributed by atoms with Crippen molar-refractivity contribution < 1.29 is 21.6 Å². The second kappa shape index (κ2) is 8.93. The van der Waals surface area contributed by atoms with Gasteiger partial charge in [-0.15, -0.1) is 0 Å². The minimum absolute atomic E-state index is 0.185. The largest absolute Gasteiger partial charge is 0.497 e. The van der Waals surface area contributed by atoms with Gasteiger partial charge in [0.25, 0.3) is 0 Å². The summed E-state index contributed by atoms with van der Waals surface area (Å²) < 4.78 is 63.2. The molecule has 4 aliphatic rings. The van der Waals surface area contributed by atoms with Crippen molar-refractivity contribution in [3.05, 3.63) is 107 Å². The van der Waals surface area contributed by atoms with E-state index in [1.165, 1.54) is 11.1 Å². The molecular formula is C32H30O5S2. The van der Waals surface area contributed by atoms with Gasteiger partial charge in [0, 0.05) is 11.8 Å². The fourth-order valence-corrected chi connectivity index (χ4v) is 12.8. The van der Waals surface area contributed by atoms with Gasteiger partial charge in [0.05, 0.1) is 27.4 Å². The van der Waals surface area contributed by atoms with Crippen LogP contribution in [-0.2, 0) is 19.7 Å². The molecule has 0 spiro atoms. The van der Waals surface area contributed by atoms with Crippen LogP contribution in [0.15, 0.2) is 111 Å². The summed E-state index contributed by atoms with van der Waals surface area (Å²) in [6.07, 6.45) is 5.18. The molecule has 0 heterocycles. The van der Waals surface area contributed by atoms with Crippen LogP contribution in [0, 0.1) is 23.7 Å². The number of fused-ring (bicyclic) bond motifs is 8. The topological polar surface area (TPSA) is 77.5 Å². The second-order valence-electron chi connectivity index (χ2n) is 11.1. The summed E-state index contributed by atoms with van der Waals surface area (Å²) in [6.45, 7) is 0. The molecule has 0 saturated heterocycles. The Bertz CT molecular complexity index is 1600. The summed E-state index contributed by atoms with van der Waals surface area (Å²) in [4.78, 5) is 0.370. The highest BCUT2D eigenvalue weighted by Gasteiger charge is 2.67. The average Bonchev–Trinajstić information content (AvgIpc) is 3.73. The molecule has 200 valence electrons. The SMILES string of the molecule is COc1ccc(C=C2[C@H]3C4=C([C@H]5CC[C@H]4C5)[C@H]2[C@H](S(=O)(=O)c2ccccc2)[C@H]3S(=O)(=O)c2ccccc2)cc1. The van der Waals surface area contributed by atoms with Gasteiger partial charge in [-0.2, -0.15) is 0 Å². The number of benzene rings is 3. The molecule has 2 saturated carbocycles. The summed E-state index contributed by atoms with van der Waals surface area (Å²) in [5, 5.41) is -2.14. The number of allylic oxidation sites excluding steroid dienone is 3. The molecule has 0 N–H and O–H groups in total. The Labute approximate surface area is 230 Å². The lowest BCUT2D eigenvalue weighted by Crippen LogP contribution is -2.45. The van der Waals surface area contributed by atoms with E-state index < -0.39 is 42.0 Å². The first-order valence-electron chi connectivity index (χ1n) is 13.5. The molecule has 0 aliphatic heterocycles. The predicted molar refractivity (Wildman–Crippen MR) is 151 cm³/mol. The lowest BCUT2D eigenvalue weighted by Gasteiger charge is -2.35. The molecule has 2 fully saturated rings. The van der Waals surface area contributed by atoms with E-state index >= 15 is 0 Å². The molecule has 0 radical (unpaired) electrons. The standard InChI is InChI=1S/C32H30O5S2/c1-37-23-16-12-20(13-17-23)18-26-29-27-21-14-15-22(19-21)28(27)30(26)32(39(35,36)25-10-6-3-7-11-25)31(29)38(33,34)24-8-4-2-5-9-24/h2-13,16-18,21-22,29-32H,14-15,19H2,1H3/t21-,22-,29-,30-,31-,32-/m0/s1. The van der Waals surface area contributed by atoms with Gasteiger partial charge in [-0.05, 0) is 73.1 Å². The first kappa shape index (κ1) is 24.9. The van der Waals surface area contributed by atoms with E-state index in [2.05, 4.69) is 6.08 Å². The monoisotopic (exact) mass is 558 g/mol. The molecular weight excluding hydrogens is 528 g/mol. The van der Waals surface area contributed by atoms with Crippen molar-refractivity contribution in [1.82, 2.24) is 0 Å². The van der Waals surface area contributed by atoms with Gasteiger partial charge < -0.3 is 4.74 Å². The zero-order valence-electron chi connectivity index (χ0n) is 21.6. The maximum absolute atomic E-state index is 14.5. The summed E-state index contributed by atoms with van der Waals surface area (Å²) in [6, 6.07) is 24.4. The van der Waals surface area contributed by atoms with Gasteiger partial charge in [0.2, 0.25) is 0 Å². The Morgan fingerprint density at radius 3 is 1.56 bits per heavy atom. The quantitative estimate of drug-likeness (QED) is 0.284. The minimum Gasteiger partial charge on any atom is -0.497 e. The van der Waals surface area contributed by atoms with E-state index in [0.29, 0.717) is 11.8 Å². The van der Waals surface area contributed by atoms with Crippen LogP contribution in [-0.4, -0.2) is 34.4 Å². The zero-order chi connectivity index (χ0) is 26.9. The van der Waals surface area contributed by atoms with Gasteiger partial charge >= 0.3 is 0 Å². The molecule has 0 unspecified atom stereocenters. The zero-order valence-corrected chi connectivity index (χ0v) is 23.2. The summed E-state index contributed by atoms with van der Waals surface area (Å²) >= 11 is 0. The van der Waals surface area contributed by atoms with E-state index in [-0.39, 0.29) is 9.79 Å². The van der Waals surface area contributed by atoms with Crippen LogP contribution < -0.4 is 4.74 Å². The summed E-state index contributed by atoms with van der Waals surface area (Å²) in [7, 11) is -6.33. The van der Waals surface area contributed by atoms with Crippen molar-refractivity contribution in [3.8, 4) is 5.75 Å². The molecule has 4 bridgehead atoms. The average molecular weight is 559 g/mol. The lowest BCUT2D eigenvalue weighted by molar-refractivity contribution is 0.415. The molecule has 0 amide bonds. The molecule has 5 nitrogen and oxygen atoms in total. The highest BCUT2D eigenvalue weighted by atomic mass is 32.2. The van der Waals surface area contributed by atoms with E-state index in [1.54, 1.807) is 67.8 Å². The van der Waals surface area contributed by atoms with Crippen LogP contribution in [0.4, 0.5) is 0 Å². The normalized spacial score (nSPS) is 29.1. The molecule has 39 heavy (non-hydrogen) atoms. The molecule has 7 heteroatoms. The van der Waals surface area contributed by atoms with E-state index in [1.807, 2.05) is 24.3 Å². The number of methoxy groups -OCH3 is 1. The fourth-order valence-electron chi connectivity index (χ4n) is 7.87. The van der Waals surface area contributed by atoms with Gasteiger partial charge in [-0.3, -0.25) is 0 Å². The maximum atomic E-state index is 14.5. The third-order valence-electron chi connectivity index (χ3n) is 9.32. The van der Waals surface area contributed by atoms with Gasteiger partial charge in [-0.1, -0.05) is 71.3 Å². The number of hydrogen-bond acceptors (Lipinski definition) is 5. The molecule has 7 rings (SSSR count). The maximum Gasteiger partial charge on any atom is 0.183 e. The van der Waals surface area contributed by atoms with Crippen LogP contribution >= 0.6 is 0 Å². The Morgan fingerprint density at radius 2 is 1.13 bits per heavy atom. The van der Waals surface area contributed by atoms with E-state index in [4.69, 9.17) is 4.74 Å². The Morgan fingerprint density at radius 1 is 0.667 bits per heavy atom. The van der Waals surface area contributed by atoms with Crippen molar-refractivity contribution in [3.63, 3.8) is 0 Å². The molecule has 0 aromatic heterocycles. The summed E-state index contributed by atoms with van der Waals surface area (Å²) in [5.41, 5.74) is 4.30. The molecule has 3 aromatic rings. The smallest absolute Gasteiger partial charge is 0.183 e. The Hall–Kier alpha value is -3.16. The van der Waals surface area contributed by atoms with E-state index in [0.717, 1.165) is 36.1 Å². The number of ether oxygens (including phenoxy) is 1. The lowest BCUT2D eigenvalue weighted by atomic mass is 9.82. The van der Waals surface area contributed by atoms with Gasteiger partial charge in [0.15, 0.2) is 19.7 Å². The van der Waals surface area contributed by atoms with Crippen molar-refractivity contribution in [2.45, 2.75) is 39.6 Å². The minimum atomic E-state index is -3.98. The van der Waals surface area contributed by atoms with E-state index in [9.17, 15) is 16.8 Å². The van der Waals surface area contributed by atoms with Crippen molar-refractivity contribution in [2.24, 2.45) is 23.7 Å². The third-order valence-corrected chi connectivity index (χ3v) is 13.9. The number of hydrogen-bond donors (Lipinski definition) is 0. The first-order chi connectivity index (χ1) is 18.8. The fraction of sp³-hybridized carbons (Fsp3) is 0.312. The Balaban J connectivity index is 1.47. The van der Waals surface area contributed by atoms with Crippen LogP contribution in [0.2, 0.25) is 0 Å². The van der Waals surface area contributed by atoms with Crippen molar-refractivity contribution in [2.75, 3.05) is 7.11 Å². The second-order valence-corrected chi connectivity index (χ2v) is 15.3. The van der Waals surface area contributed by atoms with Crippen LogP contribution in [0.1, 0.15) is 24.8 Å². The molecule has 3 aromatic carbocycles. The van der Waals surface area contributed by atoms with Crippen LogP contribution in [0.3, 0.4) is 0 Å². The van der Waals surface area contributed by atoms with Crippen LogP contribution in [0.5, 0.6) is 5.75 Å². The molecule has 6 atom stereocenters. The van der Waals surface area contributed by atoms with Gasteiger partial charge in [-0.25, -0.2) is 16.8 Å². The molecule has 4 aliphatic carbocycles. The Kier molecular flexibility index (Phi) is 5.69. The van der Waals surface area contributed by atoms with Crippen molar-refractivity contribution >= 4 is 25.8 Å².